The molecule has 27 heavy (non-hydrogen) atoms. The Hall–Kier alpha value is -3.47. The molecule has 2 aromatic carbocycles. The second kappa shape index (κ2) is 8.27. The van der Waals surface area contributed by atoms with E-state index in [0.717, 1.165) is 11.6 Å². The van der Waals surface area contributed by atoms with Gasteiger partial charge in [-0.25, -0.2) is 0 Å². The first-order valence-electron chi connectivity index (χ1n) is 8.46. The second-order valence-corrected chi connectivity index (χ2v) is 6.06. The van der Waals surface area contributed by atoms with Gasteiger partial charge in [0.25, 0.3) is 0 Å². The molecule has 1 aliphatic rings. The summed E-state index contributed by atoms with van der Waals surface area (Å²) in [6.45, 7) is 1.88. The van der Waals surface area contributed by atoms with E-state index in [-0.39, 0.29) is 5.76 Å². The molecular weight excluding hydrogens is 344 g/mol. The van der Waals surface area contributed by atoms with Crippen molar-refractivity contribution < 1.29 is 23.9 Å². The molecule has 0 saturated heterocycles. The third-order valence-corrected chi connectivity index (χ3v) is 4.00. The summed E-state index contributed by atoms with van der Waals surface area (Å²) in [7, 11) is 0. The zero-order chi connectivity index (χ0) is 19.2. The number of allylic oxidation sites excluding steroid dienone is 3. The number of hydrogen-bond acceptors (Lipinski definition) is 5. The van der Waals surface area contributed by atoms with E-state index >= 15 is 0 Å². The van der Waals surface area contributed by atoms with Crippen molar-refractivity contribution in [1.29, 1.82) is 0 Å². The van der Waals surface area contributed by atoms with E-state index in [1.165, 1.54) is 19.1 Å². The SMILES string of the molecule is CC1=CC(=O)[C@@H](C(=O)/C=C/c2ccccc2OCc2ccccc2)C(=O)O1. The van der Waals surface area contributed by atoms with Crippen LogP contribution in [0.2, 0.25) is 0 Å². The monoisotopic (exact) mass is 362 g/mol. The molecule has 0 unspecified atom stereocenters. The fraction of sp³-hybridized carbons (Fsp3) is 0.136. The van der Waals surface area contributed by atoms with Gasteiger partial charge >= 0.3 is 5.97 Å². The normalized spacial score (nSPS) is 16.8. The molecule has 0 bridgehead atoms. The summed E-state index contributed by atoms with van der Waals surface area (Å²) in [5.74, 6) is -2.68. The number of benzene rings is 2. The highest BCUT2D eigenvalue weighted by Gasteiger charge is 2.36. The van der Waals surface area contributed by atoms with Gasteiger partial charge in [-0.05, 0) is 30.7 Å². The van der Waals surface area contributed by atoms with Crippen molar-refractivity contribution in [1.82, 2.24) is 0 Å². The van der Waals surface area contributed by atoms with E-state index in [9.17, 15) is 14.4 Å². The van der Waals surface area contributed by atoms with E-state index in [4.69, 9.17) is 9.47 Å². The molecule has 0 saturated carbocycles. The summed E-state index contributed by atoms with van der Waals surface area (Å²) in [5.41, 5.74) is 1.69. The van der Waals surface area contributed by atoms with Crippen LogP contribution in [0, 0.1) is 5.92 Å². The van der Waals surface area contributed by atoms with Crippen LogP contribution in [0.1, 0.15) is 18.1 Å². The Bertz CT molecular complexity index is 925. The average molecular weight is 362 g/mol. The molecule has 5 heteroatoms. The summed E-state index contributed by atoms with van der Waals surface area (Å²) in [5, 5.41) is 0. The molecule has 0 N–H and O–H groups in total. The minimum atomic E-state index is -1.44. The van der Waals surface area contributed by atoms with Gasteiger partial charge in [0.05, 0.1) is 0 Å². The number of para-hydroxylation sites is 1. The highest BCUT2D eigenvalue weighted by molar-refractivity contribution is 6.25. The molecule has 0 aliphatic carbocycles. The first kappa shape index (κ1) is 18.3. The van der Waals surface area contributed by atoms with Crippen molar-refractivity contribution in [2.24, 2.45) is 5.92 Å². The minimum Gasteiger partial charge on any atom is -0.488 e. The van der Waals surface area contributed by atoms with Gasteiger partial charge in [-0.1, -0.05) is 48.5 Å². The fourth-order valence-electron chi connectivity index (χ4n) is 2.66. The van der Waals surface area contributed by atoms with E-state index in [1.54, 1.807) is 12.1 Å². The number of carbonyl (C=O) groups is 3. The largest absolute Gasteiger partial charge is 0.488 e. The Morgan fingerprint density at radius 3 is 2.52 bits per heavy atom. The molecule has 0 fully saturated rings. The highest BCUT2D eigenvalue weighted by Crippen LogP contribution is 2.22. The maximum absolute atomic E-state index is 12.3. The molecule has 5 nitrogen and oxygen atoms in total. The number of cyclic esters (lactones) is 1. The maximum Gasteiger partial charge on any atom is 0.329 e. The lowest BCUT2D eigenvalue weighted by molar-refractivity contribution is -0.151. The van der Waals surface area contributed by atoms with Gasteiger partial charge in [-0.15, -0.1) is 0 Å². The van der Waals surface area contributed by atoms with Crippen molar-refractivity contribution in [3.8, 4) is 5.75 Å². The van der Waals surface area contributed by atoms with Crippen molar-refractivity contribution in [2.45, 2.75) is 13.5 Å². The molecule has 0 spiro atoms. The fourth-order valence-corrected chi connectivity index (χ4v) is 2.66. The molecule has 3 rings (SSSR count). The van der Waals surface area contributed by atoms with Crippen LogP contribution >= 0.6 is 0 Å². The maximum atomic E-state index is 12.3. The van der Waals surface area contributed by atoms with Crippen molar-refractivity contribution in [3.05, 3.63) is 83.6 Å². The van der Waals surface area contributed by atoms with Crippen LogP contribution in [0.5, 0.6) is 5.75 Å². The Morgan fingerprint density at radius 2 is 1.78 bits per heavy atom. The van der Waals surface area contributed by atoms with Gasteiger partial charge in [0, 0.05) is 11.6 Å². The van der Waals surface area contributed by atoms with Gasteiger partial charge in [0.2, 0.25) is 0 Å². The van der Waals surface area contributed by atoms with Crippen LogP contribution in [-0.2, 0) is 25.7 Å². The van der Waals surface area contributed by atoms with Gasteiger partial charge in [0.1, 0.15) is 18.1 Å². The summed E-state index contributed by atoms with van der Waals surface area (Å²) >= 11 is 0. The predicted molar refractivity (Wildman–Crippen MR) is 99.6 cm³/mol. The smallest absolute Gasteiger partial charge is 0.329 e. The van der Waals surface area contributed by atoms with Crippen LogP contribution < -0.4 is 4.74 Å². The molecule has 0 amide bonds. The van der Waals surface area contributed by atoms with E-state index in [1.807, 2.05) is 42.5 Å². The topological polar surface area (TPSA) is 69.7 Å². The Labute approximate surface area is 156 Å². The number of ether oxygens (including phenoxy) is 2. The standard InChI is InChI=1S/C22H18O5/c1-15-13-19(24)21(22(25)27-15)18(23)12-11-17-9-5-6-10-20(17)26-14-16-7-3-2-4-8-16/h2-13,21H,14H2,1H3/b12-11+/t21-/m1/s1. The quantitative estimate of drug-likeness (QED) is 0.447. The highest BCUT2D eigenvalue weighted by atomic mass is 16.5. The number of rotatable bonds is 6. The number of carbonyl (C=O) groups excluding carboxylic acids is 3. The zero-order valence-corrected chi connectivity index (χ0v) is 14.8. The van der Waals surface area contributed by atoms with Crippen molar-refractivity contribution in [2.75, 3.05) is 0 Å². The van der Waals surface area contributed by atoms with Crippen molar-refractivity contribution >= 4 is 23.6 Å². The van der Waals surface area contributed by atoms with Gasteiger partial charge < -0.3 is 9.47 Å². The van der Waals surface area contributed by atoms with Crippen LogP contribution in [0.15, 0.2) is 72.5 Å². The first-order chi connectivity index (χ1) is 13.0. The van der Waals surface area contributed by atoms with E-state index in [2.05, 4.69) is 0 Å². The van der Waals surface area contributed by atoms with Gasteiger partial charge in [-0.2, -0.15) is 0 Å². The molecule has 0 aromatic heterocycles. The molecule has 1 aliphatic heterocycles. The van der Waals surface area contributed by atoms with E-state index < -0.39 is 23.5 Å². The van der Waals surface area contributed by atoms with Gasteiger partial charge in [-0.3, -0.25) is 14.4 Å². The van der Waals surface area contributed by atoms with Crippen LogP contribution in [0.3, 0.4) is 0 Å². The minimum absolute atomic E-state index is 0.192. The van der Waals surface area contributed by atoms with Gasteiger partial charge in [0.15, 0.2) is 17.5 Å². The molecule has 0 radical (unpaired) electrons. The summed E-state index contributed by atoms with van der Waals surface area (Å²) in [6, 6.07) is 16.9. The molecule has 1 atom stereocenters. The number of ketones is 2. The summed E-state index contributed by atoms with van der Waals surface area (Å²) in [6.07, 6.45) is 3.91. The zero-order valence-electron chi connectivity index (χ0n) is 14.8. The Kier molecular flexibility index (Phi) is 5.61. The third-order valence-electron chi connectivity index (χ3n) is 4.00. The lowest BCUT2D eigenvalue weighted by Gasteiger charge is -2.15. The summed E-state index contributed by atoms with van der Waals surface area (Å²) in [4.78, 5) is 36.1. The average Bonchev–Trinajstić information content (AvgIpc) is 2.65. The molecule has 136 valence electrons. The van der Waals surface area contributed by atoms with Crippen LogP contribution in [0.4, 0.5) is 0 Å². The lowest BCUT2D eigenvalue weighted by Crippen LogP contribution is -2.34. The molecule has 1 heterocycles. The van der Waals surface area contributed by atoms with Crippen LogP contribution in [-0.4, -0.2) is 17.5 Å². The third kappa shape index (κ3) is 4.58. The number of esters is 1. The Morgan fingerprint density at radius 1 is 1.07 bits per heavy atom. The second-order valence-electron chi connectivity index (χ2n) is 6.06. The van der Waals surface area contributed by atoms with Crippen molar-refractivity contribution in [3.63, 3.8) is 0 Å². The van der Waals surface area contributed by atoms with E-state index in [0.29, 0.717) is 17.9 Å². The molecule has 2 aromatic rings. The number of hydrogen-bond donors (Lipinski definition) is 0. The lowest BCUT2D eigenvalue weighted by atomic mass is 9.96. The summed E-state index contributed by atoms with van der Waals surface area (Å²) < 4.78 is 10.7. The molecular formula is C22H18O5. The van der Waals surface area contributed by atoms with Crippen LogP contribution in [0.25, 0.3) is 6.08 Å². The predicted octanol–water partition coefficient (Wildman–Crippen LogP) is 3.49. The Balaban J connectivity index is 1.73. The first-order valence-corrected chi connectivity index (χ1v) is 8.46.